The predicted molar refractivity (Wildman–Crippen MR) is 48.1 cm³/mol. The zero-order chi connectivity index (χ0) is 8.39. The molecule has 0 aromatic carbocycles. The Morgan fingerprint density at radius 1 is 1.42 bits per heavy atom. The van der Waals surface area contributed by atoms with Crippen LogP contribution in [0.2, 0.25) is 0 Å². The molecule has 2 rings (SSSR count). The Hall–Kier alpha value is -0.120. The van der Waals surface area contributed by atoms with E-state index in [9.17, 15) is 0 Å². The van der Waals surface area contributed by atoms with E-state index in [1.807, 2.05) is 0 Å². The maximum atomic E-state index is 9.17. The van der Waals surface area contributed by atoms with Crippen molar-refractivity contribution < 1.29 is 5.11 Å². The third-order valence-corrected chi connectivity index (χ3v) is 3.15. The molecule has 2 atom stereocenters. The number of piperazine rings is 1. The molecule has 2 unspecified atom stereocenters. The maximum Gasteiger partial charge on any atom is 0.0587 e. The third kappa shape index (κ3) is 1.49. The van der Waals surface area contributed by atoms with Gasteiger partial charge in [-0.3, -0.25) is 4.90 Å². The molecule has 2 fully saturated rings. The summed E-state index contributed by atoms with van der Waals surface area (Å²) in [6, 6.07) is 1.15. The average molecular weight is 170 g/mol. The SMILES string of the molecule is OCC1CCCC2CNCCN12. The number of rotatable bonds is 1. The Morgan fingerprint density at radius 2 is 2.33 bits per heavy atom. The average Bonchev–Trinajstić information content (AvgIpc) is 2.17. The van der Waals surface area contributed by atoms with Crippen LogP contribution in [0.5, 0.6) is 0 Å². The lowest BCUT2D eigenvalue weighted by atomic mass is 9.94. The fraction of sp³-hybridized carbons (Fsp3) is 1.00. The number of piperidine rings is 1. The lowest BCUT2D eigenvalue weighted by Crippen LogP contribution is -2.58. The van der Waals surface area contributed by atoms with E-state index in [0.29, 0.717) is 18.7 Å². The molecule has 2 N–H and O–H groups in total. The number of nitrogens with one attached hydrogen (secondary N) is 1. The zero-order valence-electron chi connectivity index (χ0n) is 7.50. The molecule has 2 heterocycles. The van der Waals surface area contributed by atoms with Crippen LogP contribution in [0.3, 0.4) is 0 Å². The van der Waals surface area contributed by atoms with Crippen molar-refractivity contribution >= 4 is 0 Å². The first kappa shape index (κ1) is 8.48. The highest BCUT2D eigenvalue weighted by Crippen LogP contribution is 2.23. The van der Waals surface area contributed by atoms with Crippen LogP contribution < -0.4 is 5.32 Å². The maximum absolute atomic E-state index is 9.17. The van der Waals surface area contributed by atoms with Gasteiger partial charge in [0.05, 0.1) is 6.61 Å². The van der Waals surface area contributed by atoms with E-state index in [2.05, 4.69) is 10.2 Å². The Morgan fingerprint density at radius 3 is 3.17 bits per heavy atom. The molecule has 0 saturated carbocycles. The summed E-state index contributed by atoms with van der Waals surface area (Å²) in [5.41, 5.74) is 0. The summed E-state index contributed by atoms with van der Waals surface area (Å²) in [4.78, 5) is 2.49. The number of fused-ring (bicyclic) bond motifs is 1. The number of hydrogen-bond donors (Lipinski definition) is 2. The van der Waals surface area contributed by atoms with Gasteiger partial charge in [-0.1, -0.05) is 6.42 Å². The molecule has 3 heteroatoms. The van der Waals surface area contributed by atoms with Gasteiger partial charge in [0, 0.05) is 31.7 Å². The first-order chi connectivity index (χ1) is 5.92. The van der Waals surface area contributed by atoms with E-state index in [-0.39, 0.29) is 0 Å². The molecule has 70 valence electrons. The van der Waals surface area contributed by atoms with Crippen molar-refractivity contribution in [2.45, 2.75) is 31.3 Å². The second-order valence-electron chi connectivity index (χ2n) is 3.86. The standard InChI is InChI=1S/C9H18N2O/c12-7-9-3-1-2-8-6-10-4-5-11(8)9/h8-10,12H,1-7H2. The molecular formula is C9H18N2O. The highest BCUT2D eigenvalue weighted by molar-refractivity contribution is 4.88. The highest BCUT2D eigenvalue weighted by Gasteiger charge is 2.31. The Labute approximate surface area is 73.8 Å². The van der Waals surface area contributed by atoms with Gasteiger partial charge in [0.2, 0.25) is 0 Å². The molecule has 0 amide bonds. The fourth-order valence-corrected chi connectivity index (χ4v) is 2.48. The van der Waals surface area contributed by atoms with Crippen LogP contribution in [0.15, 0.2) is 0 Å². The van der Waals surface area contributed by atoms with Gasteiger partial charge >= 0.3 is 0 Å². The monoisotopic (exact) mass is 170 g/mol. The molecule has 0 aliphatic carbocycles. The Balaban J connectivity index is 1.99. The van der Waals surface area contributed by atoms with Crippen LogP contribution in [0, 0.1) is 0 Å². The molecule has 2 aliphatic rings. The van der Waals surface area contributed by atoms with Crippen LogP contribution >= 0.6 is 0 Å². The van der Waals surface area contributed by atoms with Crippen molar-refractivity contribution in [1.82, 2.24) is 10.2 Å². The largest absolute Gasteiger partial charge is 0.395 e. The highest BCUT2D eigenvalue weighted by atomic mass is 16.3. The van der Waals surface area contributed by atoms with Gasteiger partial charge < -0.3 is 10.4 Å². The van der Waals surface area contributed by atoms with Gasteiger partial charge in [-0.2, -0.15) is 0 Å². The summed E-state index contributed by atoms with van der Waals surface area (Å²) < 4.78 is 0. The molecule has 0 aromatic heterocycles. The van der Waals surface area contributed by atoms with Gasteiger partial charge in [-0.05, 0) is 12.8 Å². The molecule has 12 heavy (non-hydrogen) atoms. The van der Waals surface area contributed by atoms with E-state index in [1.54, 1.807) is 0 Å². The van der Waals surface area contributed by atoms with Gasteiger partial charge in [-0.25, -0.2) is 0 Å². The summed E-state index contributed by atoms with van der Waals surface area (Å²) in [5.74, 6) is 0. The minimum Gasteiger partial charge on any atom is -0.395 e. The fourth-order valence-electron chi connectivity index (χ4n) is 2.48. The summed E-state index contributed by atoms with van der Waals surface area (Å²) in [6.45, 7) is 3.68. The molecule has 3 nitrogen and oxygen atoms in total. The second-order valence-corrected chi connectivity index (χ2v) is 3.86. The number of aliphatic hydroxyl groups is 1. The lowest BCUT2D eigenvalue weighted by molar-refractivity contribution is 0.0300. The van der Waals surface area contributed by atoms with Crippen LogP contribution in [-0.4, -0.2) is 48.3 Å². The van der Waals surface area contributed by atoms with Crippen molar-refractivity contribution in [2.75, 3.05) is 26.2 Å². The molecule has 0 spiro atoms. The summed E-state index contributed by atoms with van der Waals surface area (Å²) >= 11 is 0. The minimum absolute atomic E-state index is 0.344. The topological polar surface area (TPSA) is 35.5 Å². The quantitative estimate of drug-likeness (QED) is 0.572. The number of aliphatic hydroxyl groups excluding tert-OH is 1. The first-order valence-corrected chi connectivity index (χ1v) is 4.99. The molecular weight excluding hydrogens is 152 g/mol. The van der Waals surface area contributed by atoms with Crippen LogP contribution in [0.4, 0.5) is 0 Å². The van der Waals surface area contributed by atoms with E-state index >= 15 is 0 Å². The first-order valence-electron chi connectivity index (χ1n) is 4.99. The summed E-state index contributed by atoms with van der Waals surface area (Å²) in [6.07, 6.45) is 3.78. The Bertz CT molecular complexity index is 143. The lowest BCUT2D eigenvalue weighted by Gasteiger charge is -2.44. The van der Waals surface area contributed by atoms with E-state index in [0.717, 1.165) is 19.6 Å². The van der Waals surface area contributed by atoms with Gasteiger partial charge in [0.25, 0.3) is 0 Å². The Kier molecular flexibility index (Phi) is 2.63. The van der Waals surface area contributed by atoms with Crippen molar-refractivity contribution in [1.29, 1.82) is 0 Å². The summed E-state index contributed by atoms with van der Waals surface area (Å²) in [7, 11) is 0. The van der Waals surface area contributed by atoms with Crippen molar-refractivity contribution in [3.63, 3.8) is 0 Å². The summed E-state index contributed by atoms with van der Waals surface area (Å²) in [5, 5.41) is 12.6. The zero-order valence-corrected chi connectivity index (χ0v) is 7.50. The van der Waals surface area contributed by atoms with Crippen LogP contribution in [-0.2, 0) is 0 Å². The van der Waals surface area contributed by atoms with Gasteiger partial charge in [0.15, 0.2) is 0 Å². The second kappa shape index (κ2) is 3.73. The third-order valence-electron chi connectivity index (χ3n) is 3.15. The molecule has 2 aliphatic heterocycles. The number of hydrogen-bond acceptors (Lipinski definition) is 3. The number of nitrogens with zero attached hydrogens (tertiary/aromatic N) is 1. The predicted octanol–water partition coefficient (Wildman–Crippen LogP) is -0.195. The van der Waals surface area contributed by atoms with Crippen LogP contribution in [0.1, 0.15) is 19.3 Å². The van der Waals surface area contributed by atoms with Crippen molar-refractivity contribution in [3.05, 3.63) is 0 Å². The van der Waals surface area contributed by atoms with Crippen molar-refractivity contribution in [3.8, 4) is 0 Å². The normalized spacial score (nSPS) is 37.8. The van der Waals surface area contributed by atoms with E-state index in [1.165, 1.54) is 19.3 Å². The molecule has 2 saturated heterocycles. The molecule has 0 aromatic rings. The smallest absolute Gasteiger partial charge is 0.0587 e. The van der Waals surface area contributed by atoms with E-state index < -0.39 is 0 Å². The van der Waals surface area contributed by atoms with Crippen LogP contribution in [0.25, 0.3) is 0 Å². The van der Waals surface area contributed by atoms with Gasteiger partial charge in [-0.15, -0.1) is 0 Å². The van der Waals surface area contributed by atoms with Crippen molar-refractivity contribution in [2.24, 2.45) is 0 Å². The minimum atomic E-state index is 0.344. The molecule has 0 radical (unpaired) electrons. The van der Waals surface area contributed by atoms with Gasteiger partial charge in [0.1, 0.15) is 0 Å². The van der Waals surface area contributed by atoms with E-state index in [4.69, 9.17) is 5.11 Å². The molecule has 0 bridgehead atoms.